The molecule has 4 aromatic rings. The van der Waals surface area contributed by atoms with Gasteiger partial charge < -0.3 is 9.47 Å². The van der Waals surface area contributed by atoms with Crippen LogP contribution < -0.4 is 0 Å². The number of imidazole rings is 2. The van der Waals surface area contributed by atoms with Gasteiger partial charge in [0.25, 0.3) is 0 Å². The highest BCUT2D eigenvalue weighted by Crippen LogP contribution is 2.19. The maximum Gasteiger partial charge on any atom is 0.420 e. The largest absolute Gasteiger partial charge is 0.443 e. The third-order valence-electron chi connectivity index (χ3n) is 4.65. The molecule has 0 aliphatic rings. The summed E-state index contributed by atoms with van der Waals surface area (Å²) in [6, 6.07) is 11.6. The van der Waals surface area contributed by atoms with Crippen molar-refractivity contribution in [3.8, 4) is 0 Å². The first kappa shape index (κ1) is 26.4. The molecule has 0 bridgehead atoms. The Labute approximate surface area is 213 Å². The van der Waals surface area contributed by atoms with Crippen molar-refractivity contribution >= 4 is 50.2 Å². The normalized spacial score (nSPS) is 11.8. The second-order valence-electron chi connectivity index (χ2n) is 10.1. The topological polar surface area (TPSA) is 88.2 Å². The Morgan fingerprint density at radius 2 is 1.26 bits per heavy atom. The van der Waals surface area contributed by atoms with E-state index >= 15 is 0 Å². The van der Waals surface area contributed by atoms with E-state index in [2.05, 4.69) is 25.9 Å². The van der Waals surface area contributed by atoms with Crippen molar-refractivity contribution in [3.63, 3.8) is 0 Å². The summed E-state index contributed by atoms with van der Waals surface area (Å²) in [5, 5.41) is 0.766. The van der Waals surface area contributed by atoms with Gasteiger partial charge in [0.05, 0.1) is 22.1 Å². The lowest BCUT2D eigenvalue weighted by atomic mass is 10.2. The van der Waals surface area contributed by atoms with Crippen LogP contribution in [0.5, 0.6) is 0 Å². The van der Waals surface area contributed by atoms with Crippen LogP contribution in [0.1, 0.15) is 52.7 Å². The maximum absolute atomic E-state index is 12.0. The molecule has 8 nitrogen and oxygen atoms in total. The highest BCUT2D eigenvalue weighted by Gasteiger charge is 2.20. The first-order chi connectivity index (χ1) is 16.3. The fraction of sp³-hybridized carbons (Fsp3) is 0.385. The minimum absolute atomic E-state index is 0.399. The molecule has 4 rings (SSSR count). The van der Waals surface area contributed by atoms with E-state index in [-0.39, 0.29) is 0 Å². The van der Waals surface area contributed by atoms with Gasteiger partial charge in [0.2, 0.25) is 0 Å². The smallest absolute Gasteiger partial charge is 0.420 e. The minimum atomic E-state index is -0.510. The van der Waals surface area contributed by atoms with E-state index in [1.807, 2.05) is 84.9 Å². The molecular formula is C26H31BrN4O4. The summed E-state index contributed by atoms with van der Waals surface area (Å²) in [5.74, 6) is 0. The predicted molar refractivity (Wildman–Crippen MR) is 140 cm³/mol. The van der Waals surface area contributed by atoms with Crippen molar-refractivity contribution in [3.05, 3.63) is 60.2 Å². The van der Waals surface area contributed by atoms with Gasteiger partial charge in [-0.2, -0.15) is 0 Å². The number of rotatable bonds is 1. The number of carbonyl (C=O) groups excluding carboxylic acids is 2. The van der Waals surface area contributed by atoms with Crippen LogP contribution >= 0.6 is 15.9 Å². The van der Waals surface area contributed by atoms with Crippen molar-refractivity contribution in [1.29, 1.82) is 0 Å². The Kier molecular flexibility index (Phi) is 7.69. The summed E-state index contributed by atoms with van der Waals surface area (Å²) in [6.07, 6.45) is 2.19. The highest BCUT2D eigenvalue weighted by molar-refractivity contribution is 9.08. The molecule has 0 amide bonds. The number of nitrogens with zero attached hydrogens (tertiary/aromatic N) is 4. The fourth-order valence-corrected chi connectivity index (χ4v) is 3.53. The average molecular weight is 543 g/mol. The number of ether oxygens (including phenoxy) is 2. The molecule has 2 aromatic carbocycles. The van der Waals surface area contributed by atoms with Gasteiger partial charge >= 0.3 is 12.2 Å². The lowest BCUT2D eigenvalue weighted by Gasteiger charge is -2.19. The summed E-state index contributed by atoms with van der Waals surface area (Å²) in [4.78, 5) is 32.3. The number of fused-ring (bicyclic) bond motifs is 2. The lowest BCUT2D eigenvalue weighted by Crippen LogP contribution is -2.26. The maximum atomic E-state index is 12.0. The lowest BCUT2D eigenvalue weighted by molar-refractivity contribution is 0.0532. The quantitative estimate of drug-likeness (QED) is 0.244. The van der Waals surface area contributed by atoms with Crippen LogP contribution in [0.3, 0.4) is 0 Å². The van der Waals surface area contributed by atoms with Gasteiger partial charge in [-0.1, -0.05) is 28.1 Å². The molecular weight excluding hydrogens is 512 g/mol. The van der Waals surface area contributed by atoms with Gasteiger partial charge in [0.15, 0.2) is 0 Å². The van der Waals surface area contributed by atoms with Gasteiger partial charge in [-0.05, 0) is 83.9 Å². The third kappa shape index (κ3) is 6.91. The molecule has 0 atom stereocenters. The number of carbonyl (C=O) groups is 2. The van der Waals surface area contributed by atoms with Crippen molar-refractivity contribution in [2.45, 2.75) is 65.0 Å². The van der Waals surface area contributed by atoms with Crippen LogP contribution in [0.15, 0.2) is 49.1 Å². The van der Waals surface area contributed by atoms with E-state index in [4.69, 9.17) is 9.47 Å². The van der Waals surface area contributed by atoms with Crippen LogP contribution in [0.4, 0.5) is 9.59 Å². The van der Waals surface area contributed by atoms with Crippen LogP contribution in [0.25, 0.3) is 22.1 Å². The van der Waals surface area contributed by atoms with Crippen LogP contribution in [0.2, 0.25) is 0 Å². The molecule has 0 saturated heterocycles. The molecule has 0 fully saturated rings. The molecule has 186 valence electrons. The number of aryl methyl sites for hydroxylation is 1. The number of benzene rings is 2. The first-order valence-electron chi connectivity index (χ1n) is 11.2. The highest BCUT2D eigenvalue weighted by atomic mass is 79.9. The van der Waals surface area contributed by atoms with E-state index in [1.54, 1.807) is 0 Å². The predicted octanol–water partition coefficient (Wildman–Crippen LogP) is 6.84. The van der Waals surface area contributed by atoms with Gasteiger partial charge in [0.1, 0.15) is 23.9 Å². The average Bonchev–Trinajstić information content (AvgIpc) is 3.35. The molecule has 2 aromatic heterocycles. The molecule has 0 aliphatic carbocycles. The van der Waals surface area contributed by atoms with Gasteiger partial charge in [-0.15, -0.1) is 0 Å². The van der Waals surface area contributed by atoms with Crippen molar-refractivity contribution < 1.29 is 19.1 Å². The third-order valence-corrected chi connectivity index (χ3v) is 5.30. The molecule has 35 heavy (non-hydrogen) atoms. The minimum Gasteiger partial charge on any atom is -0.443 e. The summed E-state index contributed by atoms with van der Waals surface area (Å²) in [7, 11) is 0. The number of hydrogen-bond acceptors (Lipinski definition) is 6. The Balaban J connectivity index is 0.000000196. The fourth-order valence-electron chi connectivity index (χ4n) is 3.18. The van der Waals surface area contributed by atoms with E-state index in [0.29, 0.717) is 0 Å². The Morgan fingerprint density at radius 1 is 0.800 bits per heavy atom. The van der Waals surface area contributed by atoms with Gasteiger partial charge in [0, 0.05) is 5.33 Å². The van der Waals surface area contributed by atoms with E-state index < -0.39 is 23.4 Å². The molecule has 2 heterocycles. The van der Waals surface area contributed by atoms with E-state index in [0.717, 1.165) is 38.5 Å². The number of hydrogen-bond donors (Lipinski definition) is 0. The number of halogens is 1. The molecule has 0 spiro atoms. The summed E-state index contributed by atoms with van der Waals surface area (Å²) < 4.78 is 13.5. The Bertz CT molecular complexity index is 1360. The van der Waals surface area contributed by atoms with Gasteiger partial charge in [-0.3, -0.25) is 0 Å². The molecule has 0 saturated carbocycles. The molecule has 9 heteroatoms. The van der Waals surface area contributed by atoms with Gasteiger partial charge in [-0.25, -0.2) is 28.7 Å². The zero-order valence-electron chi connectivity index (χ0n) is 21.1. The number of aromatic nitrogens is 4. The summed E-state index contributed by atoms with van der Waals surface area (Å²) in [6.45, 7) is 13.0. The second-order valence-corrected chi connectivity index (χ2v) is 10.7. The molecule has 0 aliphatic heterocycles. The Hall–Kier alpha value is -3.20. The van der Waals surface area contributed by atoms with Crippen molar-refractivity contribution in [2.75, 3.05) is 0 Å². The monoisotopic (exact) mass is 542 g/mol. The SMILES string of the molecule is CC(C)(C)OC(=O)n1cnc2cc(CBr)ccc21.Cc1ccc2c(c1)ncn2C(=O)OC(C)(C)C. The molecule has 0 radical (unpaired) electrons. The molecule has 0 N–H and O–H groups in total. The van der Waals surface area contributed by atoms with E-state index in [9.17, 15) is 9.59 Å². The second kappa shape index (κ2) is 10.2. The van der Waals surface area contributed by atoms with E-state index in [1.165, 1.54) is 21.8 Å². The van der Waals surface area contributed by atoms with Crippen LogP contribution in [-0.2, 0) is 14.8 Å². The summed E-state index contributed by atoms with van der Waals surface area (Å²) in [5.41, 5.74) is 4.35. The van der Waals surface area contributed by atoms with Crippen molar-refractivity contribution in [1.82, 2.24) is 19.1 Å². The zero-order chi connectivity index (χ0) is 26.0. The van der Waals surface area contributed by atoms with Crippen LogP contribution in [-0.4, -0.2) is 42.5 Å². The molecule has 0 unspecified atom stereocenters. The standard InChI is InChI=1S/C13H15BrN2O2.C13H16N2O2/c1-13(2,3)18-12(17)16-8-15-10-6-9(7-14)4-5-11(10)16;1-9-5-6-11-10(7-9)14-8-15(11)12(16)17-13(2,3)4/h4-6,8H,7H2,1-3H3;5-8H,1-4H3. The number of alkyl halides is 1. The summed E-state index contributed by atoms with van der Waals surface area (Å²) >= 11 is 3.39. The van der Waals surface area contributed by atoms with Crippen LogP contribution in [0, 0.1) is 6.92 Å². The zero-order valence-corrected chi connectivity index (χ0v) is 22.7. The van der Waals surface area contributed by atoms with Crippen molar-refractivity contribution in [2.24, 2.45) is 0 Å². The first-order valence-corrected chi connectivity index (χ1v) is 12.3. The Morgan fingerprint density at radius 3 is 1.71 bits per heavy atom.